The summed E-state index contributed by atoms with van der Waals surface area (Å²) in [6.45, 7) is 0. The third-order valence-corrected chi connectivity index (χ3v) is 4.42. The Labute approximate surface area is 224 Å². The number of amides is 2. The van der Waals surface area contributed by atoms with Gasteiger partial charge in [0.2, 0.25) is 7.85 Å². The van der Waals surface area contributed by atoms with Gasteiger partial charge in [-0.05, 0) is 36.4 Å². The van der Waals surface area contributed by atoms with E-state index < -0.39 is 70.5 Å². The number of ether oxygens (including phenoxy) is 4. The van der Waals surface area contributed by atoms with Gasteiger partial charge in [0.25, 0.3) is 17.7 Å². The number of nitrogens with one attached hydrogen (secondary N) is 1. The molecule has 19 heteroatoms. The predicted molar refractivity (Wildman–Crippen MR) is 121 cm³/mol. The largest absolute Gasteiger partial charge is 0.573 e. The van der Waals surface area contributed by atoms with E-state index in [1.807, 2.05) is 0 Å². The van der Waals surface area contributed by atoms with E-state index in [4.69, 9.17) is 18.3 Å². The Morgan fingerprint density at radius 2 is 1.46 bits per heavy atom. The van der Waals surface area contributed by atoms with Crippen LogP contribution in [0.5, 0.6) is 28.7 Å². The van der Waals surface area contributed by atoms with Crippen molar-refractivity contribution in [3.05, 3.63) is 65.7 Å². The second kappa shape index (κ2) is 11.4. The van der Waals surface area contributed by atoms with Gasteiger partial charge in [0.05, 0.1) is 0 Å². The first kappa shape index (κ1) is 30.8. The summed E-state index contributed by atoms with van der Waals surface area (Å²) in [5.74, 6) is -13.0. The van der Waals surface area contributed by atoms with Gasteiger partial charge in [-0.2, -0.15) is 0 Å². The van der Waals surface area contributed by atoms with Crippen LogP contribution in [-0.2, 0) is 0 Å². The Morgan fingerprint density at radius 1 is 0.854 bits per heavy atom. The molecule has 0 bridgehead atoms. The molecule has 3 rings (SSSR count). The average Bonchev–Trinajstić information content (AvgIpc) is 2.80. The maximum absolute atomic E-state index is 15.2. The molecule has 41 heavy (non-hydrogen) atoms. The summed E-state index contributed by atoms with van der Waals surface area (Å²) in [4.78, 5) is 28.0. The van der Waals surface area contributed by atoms with Crippen molar-refractivity contribution in [2.75, 3.05) is 5.32 Å². The Morgan fingerprint density at radius 3 is 2.05 bits per heavy atom. The number of carbonyl (C=O) groups excluding carboxylic acids is 2. The van der Waals surface area contributed by atoms with E-state index in [9.17, 15) is 46.1 Å². The zero-order valence-electron chi connectivity index (χ0n) is 19.7. The summed E-state index contributed by atoms with van der Waals surface area (Å²) >= 11 is 0. The summed E-state index contributed by atoms with van der Waals surface area (Å²) in [7, 11) is 4.89. The predicted octanol–water partition coefficient (Wildman–Crippen LogP) is 3.30. The molecule has 0 spiro atoms. The topological polar surface area (TPSA) is 162 Å². The van der Waals surface area contributed by atoms with Crippen LogP contribution in [0.2, 0.25) is 0 Å². The molecule has 3 aromatic rings. The number of pyridine rings is 1. The number of carbonyl (C=O) groups is 2. The molecule has 11 nitrogen and oxygen atoms in total. The molecule has 1 aromatic heterocycles. The first-order chi connectivity index (χ1) is 18.8. The van der Waals surface area contributed by atoms with E-state index in [0.717, 1.165) is 18.3 Å². The third kappa shape index (κ3) is 8.87. The van der Waals surface area contributed by atoms with Gasteiger partial charge in [0.1, 0.15) is 22.8 Å². The number of halogens is 7. The summed E-state index contributed by atoms with van der Waals surface area (Å²) < 4.78 is 109. The number of benzene rings is 2. The van der Waals surface area contributed by atoms with Crippen LogP contribution in [0.3, 0.4) is 0 Å². The smallest absolute Gasteiger partial charge is 0.452 e. The molecule has 2 radical (unpaired) electrons. The highest BCUT2D eigenvalue weighted by molar-refractivity contribution is 6.12. The number of hydrogen-bond donors (Lipinski definition) is 4. The number of primary amides is 1. The summed E-state index contributed by atoms with van der Waals surface area (Å²) in [6.07, 6.45) is -9.59. The summed E-state index contributed by atoms with van der Waals surface area (Å²) in [6, 6.07) is 4.77. The fourth-order valence-corrected chi connectivity index (χ4v) is 3.01. The zero-order chi connectivity index (χ0) is 30.8. The van der Waals surface area contributed by atoms with Crippen LogP contribution in [0.1, 0.15) is 20.8 Å². The highest BCUT2D eigenvalue weighted by Gasteiger charge is 2.35. The van der Waals surface area contributed by atoms with Gasteiger partial charge in [0, 0.05) is 18.0 Å². The van der Waals surface area contributed by atoms with Crippen LogP contribution in [0.25, 0.3) is 0 Å². The van der Waals surface area contributed by atoms with Gasteiger partial charge in [-0.1, -0.05) is 0 Å². The Hall–Kier alpha value is -4.78. The summed E-state index contributed by atoms with van der Waals surface area (Å²) in [5, 5.41) is 20.8. The minimum Gasteiger partial charge on any atom is -0.452 e. The van der Waals surface area contributed by atoms with Gasteiger partial charge >= 0.3 is 12.7 Å². The molecule has 0 aliphatic carbocycles. The lowest BCUT2D eigenvalue weighted by atomic mass is 10.1. The fourth-order valence-electron chi connectivity index (χ4n) is 3.01. The van der Waals surface area contributed by atoms with Gasteiger partial charge in [-0.25, -0.2) is 4.39 Å². The van der Waals surface area contributed by atoms with Crippen molar-refractivity contribution in [3.63, 3.8) is 0 Å². The molecular formula is C22H13BF7N3O8. The van der Waals surface area contributed by atoms with Crippen LogP contribution < -0.4 is 30.0 Å². The van der Waals surface area contributed by atoms with E-state index in [1.165, 1.54) is 0 Å². The highest BCUT2D eigenvalue weighted by Crippen LogP contribution is 2.41. The first-order valence-electron chi connectivity index (χ1n) is 10.5. The van der Waals surface area contributed by atoms with E-state index in [2.05, 4.69) is 24.5 Å². The van der Waals surface area contributed by atoms with Gasteiger partial charge < -0.3 is 40.2 Å². The van der Waals surface area contributed by atoms with Crippen LogP contribution in [0, 0.1) is 5.82 Å². The zero-order valence-corrected chi connectivity index (χ0v) is 19.7. The normalized spacial score (nSPS) is 11.9. The van der Waals surface area contributed by atoms with E-state index >= 15 is 4.39 Å². The van der Waals surface area contributed by atoms with Crippen molar-refractivity contribution in [1.82, 2.24) is 4.98 Å². The minimum absolute atomic E-state index is 0.225. The SMILES string of the molecule is [B]C(O)(O)Oc1cc(OC(F)(F)F)ccc1Oc1ccc(OC(F)(F)F)c(F)c1C(=O)Nc1ccnc(C(N)=O)c1. The number of aromatic nitrogens is 1. The molecular weight excluding hydrogens is 578 g/mol. The van der Waals surface area contributed by atoms with E-state index in [-0.39, 0.29) is 11.4 Å². The number of anilines is 1. The Balaban J connectivity index is 2.10. The molecule has 2 amide bonds. The lowest BCUT2D eigenvalue weighted by molar-refractivity contribution is -0.276. The summed E-state index contributed by atoms with van der Waals surface area (Å²) in [5.41, 5.74) is 3.27. The quantitative estimate of drug-likeness (QED) is 0.166. The molecule has 0 atom stereocenters. The minimum atomic E-state index is -5.40. The Kier molecular flexibility index (Phi) is 8.54. The molecule has 5 N–H and O–H groups in total. The maximum atomic E-state index is 15.2. The lowest BCUT2D eigenvalue weighted by Gasteiger charge is -2.22. The monoisotopic (exact) mass is 591 g/mol. The fraction of sp³-hybridized carbons (Fsp3) is 0.136. The Bertz CT molecular complexity index is 1460. The van der Waals surface area contributed by atoms with Crippen LogP contribution in [0.15, 0.2) is 48.7 Å². The molecule has 1 heterocycles. The molecule has 0 fully saturated rings. The van der Waals surface area contributed by atoms with E-state index in [0.29, 0.717) is 30.3 Å². The van der Waals surface area contributed by atoms with Crippen molar-refractivity contribution in [3.8, 4) is 28.7 Å². The van der Waals surface area contributed by atoms with Crippen molar-refractivity contribution < 1.29 is 69.5 Å². The van der Waals surface area contributed by atoms with Crippen LogP contribution >= 0.6 is 0 Å². The van der Waals surface area contributed by atoms with Crippen molar-refractivity contribution >= 4 is 25.3 Å². The lowest BCUT2D eigenvalue weighted by Crippen LogP contribution is -2.35. The number of aliphatic hydroxyl groups is 2. The molecule has 0 saturated heterocycles. The van der Waals surface area contributed by atoms with Gasteiger partial charge in [-0.3, -0.25) is 14.6 Å². The third-order valence-electron chi connectivity index (χ3n) is 4.42. The molecule has 216 valence electrons. The number of nitrogens with zero attached hydrogens (tertiary/aromatic N) is 1. The van der Waals surface area contributed by atoms with Crippen LogP contribution in [0.4, 0.5) is 36.4 Å². The molecule has 0 saturated carbocycles. The van der Waals surface area contributed by atoms with Crippen molar-refractivity contribution in [2.24, 2.45) is 5.73 Å². The van der Waals surface area contributed by atoms with Crippen molar-refractivity contribution in [1.29, 1.82) is 0 Å². The number of rotatable bonds is 9. The second-order valence-corrected chi connectivity index (χ2v) is 7.57. The highest BCUT2D eigenvalue weighted by atomic mass is 19.4. The molecule has 0 aliphatic rings. The molecule has 0 aliphatic heterocycles. The van der Waals surface area contributed by atoms with Gasteiger partial charge in [0.15, 0.2) is 23.1 Å². The maximum Gasteiger partial charge on any atom is 0.573 e. The molecule has 2 aromatic carbocycles. The van der Waals surface area contributed by atoms with Crippen molar-refractivity contribution in [2.45, 2.75) is 18.6 Å². The first-order valence-corrected chi connectivity index (χ1v) is 10.5. The molecule has 0 unspecified atom stereocenters. The van der Waals surface area contributed by atoms with E-state index in [1.54, 1.807) is 0 Å². The number of alkyl halides is 6. The average molecular weight is 591 g/mol. The van der Waals surface area contributed by atoms with Gasteiger partial charge in [-0.15, -0.1) is 26.3 Å². The van der Waals surface area contributed by atoms with Crippen LogP contribution in [-0.4, -0.2) is 53.5 Å². The number of nitrogens with two attached hydrogens (primary N) is 1. The number of hydrogen-bond acceptors (Lipinski definition) is 9. The standard InChI is InChI=1S/C22H13BF7N3O8/c23-20(36,37)40-15-8-10(39-21(25,26)27)1-2-12(15)38-13-3-4-14(41-22(28,29)30)17(24)16(13)19(35)33-9-5-6-32-11(7-9)18(31)34/h1-8,36-37H,(H2,31,34)(H,32,33,35). The second-order valence-electron chi connectivity index (χ2n) is 7.57.